The van der Waals surface area contributed by atoms with E-state index in [0.29, 0.717) is 5.92 Å². The zero-order valence-corrected chi connectivity index (χ0v) is 12.7. The van der Waals surface area contributed by atoms with Gasteiger partial charge in [0.05, 0.1) is 6.54 Å². The fourth-order valence-electron chi connectivity index (χ4n) is 3.25. The highest BCUT2D eigenvalue weighted by atomic mass is 15.3. The van der Waals surface area contributed by atoms with Crippen molar-refractivity contribution in [2.45, 2.75) is 38.9 Å². The SMILES string of the molecule is CCn1c(C)nnc1CN1C[C@@H](N)[C@H](c2ccccc2)C1. The first-order valence-electron chi connectivity index (χ1n) is 7.60. The summed E-state index contributed by atoms with van der Waals surface area (Å²) in [4.78, 5) is 2.39. The van der Waals surface area contributed by atoms with Crippen molar-refractivity contribution in [3.05, 3.63) is 47.5 Å². The molecule has 2 heterocycles. The second-order valence-corrected chi connectivity index (χ2v) is 5.78. The molecule has 5 heteroatoms. The second-order valence-electron chi connectivity index (χ2n) is 5.78. The molecule has 0 bridgehead atoms. The van der Waals surface area contributed by atoms with Crippen molar-refractivity contribution in [2.75, 3.05) is 13.1 Å². The van der Waals surface area contributed by atoms with Gasteiger partial charge in [-0.15, -0.1) is 10.2 Å². The number of benzene rings is 1. The highest BCUT2D eigenvalue weighted by Crippen LogP contribution is 2.27. The van der Waals surface area contributed by atoms with Gasteiger partial charge in [-0.1, -0.05) is 30.3 Å². The van der Waals surface area contributed by atoms with Crippen LogP contribution in [0, 0.1) is 6.92 Å². The molecule has 1 saturated heterocycles. The van der Waals surface area contributed by atoms with Crippen molar-refractivity contribution >= 4 is 0 Å². The Morgan fingerprint density at radius 1 is 1.19 bits per heavy atom. The largest absolute Gasteiger partial charge is 0.326 e. The van der Waals surface area contributed by atoms with Crippen LogP contribution >= 0.6 is 0 Å². The molecule has 112 valence electrons. The first kappa shape index (κ1) is 14.2. The van der Waals surface area contributed by atoms with Crippen molar-refractivity contribution in [3.8, 4) is 0 Å². The molecular weight excluding hydrogens is 262 g/mol. The van der Waals surface area contributed by atoms with E-state index in [2.05, 4.69) is 50.9 Å². The molecule has 2 aromatic rings. The van der Waals surface area contributed by atoms with Crippen LogP contribution in [0.1, 0.15) is 30.1 Å². The molecule has 1 aliphatic rings. The lowest BCUT2D eigenvalue weighted by atomic mass is 9.95. The predicted octanol–water partition coefficient (Wildman–Crippen LogP) is 1.53. The highest BCUT2D eigenvalue weighted by Gasteiger charge is 2.31. The Morgan fingerprint density at radius 3 is 2.67 bits per heavy atom. The predicted molar refractivity (Wildman–Crippen MR) is 82.9 cm³/mol. The molecular formula is C16H23N5. The topological polar surface area (TPSA) is 60.0 Å². The molecule has 0 saturated carbocycles. The number of aromatic nitrogens is 3. The van der Waals surface area contributed by atoms with Gasteiger partial charge in [0.25, 0.3) is 0 Å². The standard InChI is InChI=1S/C16H23N5/c1-3-21-12(2)18-19-16(21)11-20-9-14(15(17)10-20)13-7-5-4-6-8-13/h4-8,14-15H,3,9-11,17H2,1-2H3/t14-,15+/m0/s1. The zero-order chi connectivity index (χ0) is 14.8. The van der Waals surface area contributed by atoms with Gasteiger partial charge in [-0.3, -0.25) is 4.90 Å². The first-order valence-corrected chi connectivity index (χ1v) is 7.60. The van der Waals surface area contributed by atoms with Crippen LogP contribution in [0.2, 0.25) is 0 Å². The molecule has 0 spiro atoms. The Balaban J connectivity index is 1.71. The van der Waals surface area contributed by atoms with Crippen molar-refractivity contribution in [2.24, 2.45) is 5.73 Å². The summed E-state index contributed by atoms with van der Waals surface area (Å²) < 4.78 is 2.17. The molecule has 21 heavy (non-hydrogen) atoms. The molecule has 1 aromatic heterocycles. The van der Waals surface area contributed by atoms with Crippen molar-refractivity contribution in [3.63, 3.8) is 0 Å². The van der Waals surface area contributed by atoms with Gasteiger partial charge >= 0.3 is 0 Å². The minimum atomic E-state index is 0.187. The number of nitrogens with zero attached hydrogens (tertiary/aromatic N) is 4. The molecule has 1 aromatic carbocycles. The van der Waals surface area contributed by atoms with Crippen LogP contribution in [0.15, 0.2) is 30.3 Å². The van der Waals surface area contributed by atoms with Gasteiger partial charge in [-0.25, -0.2) is 0 Å². The zero-order valence-electron chi connectivity index (χ0n) is 12.7. The van der Waals surface area contributed by atoms with E-state index in [1.165, 1.54) is 5.56 Å². The lowest BCUT2D eigenvalue weighted by Gasteiger charge is -2.16. The summed E-state index contributed by atoms with van der Waals surface area (Å²) in [6, 6.07) is 10.8. The van der Waals surface area contributed by atoms with Gasteiger partial charge in [0.15, 0.2) is 0 Å². The van der Waals surface area contributed by atoms with E-state index in [1.807, 2.05) is 13.0 Å². The Hall–Kier alpha value is -1.72. The molecule has 0 aliphatic carbocycles. The van der Waals surface area contributed by atoms with Crippen LogP contribution in [-0.2, 0) is 13.1 Å². The molecule has 1 aliphatic heterocycles. The average molecular weight is 285 g/mol. The summed E-state index contributed by atoms with van der Waals surface area (Å²) in [6.45, 7) is 7.77. The monoisotopic (exact) mass is 285 g/mol. The van der Waals surface area contributed by atoms with E-state index in [4.69, 9.17) is 5.73 Å². The quantitative estimate of drug-likeness (QED) is 0.925. The number of aryl methyl sites for hydroxylation is 1. The van der Waals surface area contributed by atoms with E-state index in [-0.39, 0.29) is 6.04 Å². The molecule has 5 nitrogen and oxygen atoms in total. The molecule has 0 unspecified atom stereocenters. The van der Waals surface area contributed by atoms with Gasteiger partial charge < -0.3 is 10.3 Å². The van der Waals surface area contributed by atoms with E-state index >= 15 is 0 Å². The lowest BCUT2D eigenvalue weighted by Crippen LogP contribution is -2.29. The lowest BCUT2D eigenvalue weighted by molar-refractivity contribution is 0.309. The third-order valence-electron chi connectivity index (χ3n) is 4.36. The van der Waals surface area contributed by atoms with Crippen LogP contribution in [0.3, 0.4) is 0 Å². The highest BCUT2D eigenvalue weighted by molar-refractivity contribution is 5.23. The maximum absolute atomic E-state index is 6.35. The van der Waals surface area contributed by atoms with Gasteiger partial charge in [-0.2, -0.15) is 0 Å². The maximum Gasteiger partial charge on any atom is 0.147 e. The summed E-state index contributed by atoms with van der Waals surface area (Å²) in [6.07, 6.45) is 0. The fraction of sp³-hybridized carbons (Fsp3) is 0.500. The summed E-state index contributed by atoms with van der Waals surface area (Å²) in [5.74, 6) is 2.43. The van der Waals surface area contributed by atoms with Gasteiger partial charge in [-0.05, 0) is 19.4 Å². The van der Waals surface area contributed by atoms with E-state index in [0.717, 1.165) is 37.8 Å². The number of hydrogen-bond acceptors (Lipinski definition) is 4. The van der Waals surface area contributed by atoms with Gasteiger partial charge in [0.2, 0.25) is 0 Å². The Labute approximate surface area is 125 Å². The summed E-state index contributed by atoms with van der Waals surface area (Å²) in [7, 11) is 0. The van der Waals surface area contributed by atoms with Crippen molar-refractivity contribution in [1.82, 2.24) is 19.7 Å². The molecule has 0 amide bonds. The molecule has 2 N–H and O–H groups in total. The van der Waals surface area contributed by atoms with Crippen molar-refractivity contribution in [1.29, 1.82) is 0 Å². The Bertz CT molecular complexity index is 592. The fourth-order valence-corrected chi connectivity index (χ4v) is 3.25. The summed E-state index contributed by atoms with van der Waals surface area (Å²) in [5.41, 5.74) is 7.68. The smallest absolute Gasteiger partial charge is 0.147 e. The Morgan fingerprint density at radius 2 is 1.95 bits per heavy atom. The number of rotatable bonds is 4. The Kier molecular flexibility index (Phi) is 4.03. The maximum atomic E-state index is 6.35. The average Bonchev–Trinajstić information content (AvgIpc) is 3.03. The third-order valence-corrected chi connectivity index (χ3v) is 4.36. The number of likely N-dealkylation sites (tertiary alicyclic amines) is 1. The molecule has 3 rings (SSSR count). The van der Waals surface area contributed by atoms with E-state index in [9.17, 15) is 0 Å². The molecule has 2 atom stereocenters. The second kappa shape index (κ2) is 5.95. The molecule has 0 radical (unpaired) electrons. The van der Waals surface area contributed by atoms with Crippen LogP contribution in [0.5, 0.6) is 0 Å². The minimum absolute atomic E-state index is 0.187. The number of nitrogens with two attached hydrogens (primary N) is 1. The third kappa shape index (κ3) is 2.84. The summed E-state index contributed by atoms with van der Waals surface area (Å²) in [5, 5.41) is 8.48. The van der Waals surface area contributed by atoms with Crippen LogP contribution in [-0.4, -0.2) is 38.8 Å². The normalized spacial score (nSPS) is 22.8. The van der Waals surface area contributed by atoms with Crippen molar-refractivity contribution < 1.29 is 0 Å². The minimum Gasteiger partial charge on any atom is -0.326 e. The van der Waals surface area contributed by atoms with Crippen LogP contribution in [0.25, 0.3) is 0 Å². The molecule has 1 fully saturated rings. The van der Waals surface area contributed by atoms with Crippen LogP contribution < -0.4 is 5.73 Å². The van der Waals surface area contributed by atoms with Gasteiger partial charge in [0.1, 0.15) is 11.6 Å². The van der Waals surface area contributed by atoms with E-state index in [1.54, 1.807) is 0 Å². The summed E-state index contributed by atoms with van der Waals surface area (Å²) >= 11 is 0. The van der Waals surface area contributed by atoms with Gasteiger partial charge in [0, 0.05) is 31.6 Å². The van der Waals surface area contributed by atoms with E-state index < -0.39 is 0 Å². The van der Waals surface area contributed by atoms with Crippen LogP contribution in [0.4, 0.5) is 0 Å². The number of hydrogen-bond donors (Lipinski definition) is 1. The first-order chi connectivity index (χ1) is 10.2.